The van der Waals surface area contributed by atoms with Crippen LogP contribution < -0.4 is 5.73 Å². The first kappa shape index (κ1) is 15.6. The maximum Gasteiger partial charge on any atom is 0.263 e. The summed E-state index contributed by atoms with van der Waals surface area (Å²) in [6.07, 6.45) is 1.39. The molecule has 0 unspecified atom stereocenters. The molecule has 0 saturated heterocycles. The number of furan rings is 1. The second kappa shape index (κ2) is 5.53. The van der Waals surface area contributed by atoms with Crippen molar-refractivity contribution in [2.24, 2.45) is 7.05 Å². The average Bonchev–Trinajstić information content (AvgIpc) is 2.92. The molecule has 116 valence electrons. The van der Waals surface area contributed by atoms with E-state index in [1.807, 2.05) is 6.92 Å². The molecule has 0 aliphatic heterocycles. The topological polar surface area (TPSA) is 94.4 Å². The summed E-state index contributed by atoms with van der Waals surface area (Å²) in [5, 5.41) is -0.000483. The second-order valence-corrected chi connectivity index (χ2v) is 7.01. The second-order valence-electron chi connectivity index (χ2n) is 5.20. The SMILES string of the molecule is Cc1ccc(CN(C(C)C)S(=O)(=O)c2c(N)ncn2C)o1. The zero-order valence-electron chi connectivity index (χ0n) is 12.6. The van der Waals surface area contributed by atoms with Gasteiger partial charge in [-0.2, -0.15) is 4.31 Å². The summed E-state index contributed by atoms with van der Waals surface area (Å²) in [7, 11) is -2.16. The van der Waals surface area contributed by atoms with Gasteiger partial charge in [0.1, 0.15) is 11.5 Å². The summed E-state index contributed by atoms with van der Waals surface area (Å²) in [6.45, 7) is 5.58. The molecule has 0 aliphatic rings. The predicted octanol–water partition coefficient (Wildman–Crippen LogP) is 1.50. The van der Waals surface area contributed by atoms with Crippen molar-refractivity contribution in [3.05, 3.63) is 30.0 Å². The van der Waals surface area contributed by atoms with Crippen LogP contribution in [0.2, 0.25) is 0 Å². The van der Waals surface area contributed by atoms with Crippen molar-refractivity contribution in [1.29, 1.82) is 0 Å². The van der Waals surface area contributed by atoms with Crippen molar-refractivity contribution in [2.45, 2.75) is 38.4 Å². The minimum atomic E-state index is -3.76. The van der Waals surface area contributed by atoms with Gasteiger partial charge in [0.05, 0.1) is 12.9 Å². The van der Waals surface area contributed by atoms with E-state index < -0.39 is 10.0 Å². The van der Waals surface area contributed by atoms with E-state index in [1.54, 1.807) is 33.0 Å². The van der Waals surface area contributed by atoms with Crippen LogP contribution in [-0.4, -0.2) is 28.3 Å². The molecule has 0 aliphatic carbocycles. The van der Waals surface area contributed by atoms with Crippen LogP contribution >= 0.6 is 0 Å². The van der Waals surface area contributed by atoms with E-state index in [9.17, 15) is 8.42 Å². The molecule has 2 aromatic rings. The van der Waals surface area contributed by atoms with Crippen LogP contribution in [0.5, 0.6) is 0 Å². The maximum atomic E-state index is 12.8. The molecule has 2 N–H and O–H groups in total. The van der Waals surface area contributed by atoms with Crippen LogP contribution in [-0.2, 0) is 23.6 Å². The van der Waals surface area contributed by atoms with Crippen LogP contribution in [0.4, 0.5) is 5.82 Å². The Labute approximate surface area is 124 Å². The van der Waals surface area contributed by atoms with Gasteiger partial charge < -0.3 is 14.7 Å². The molecule has 2 heterocycles. The Morgan fingerprint density at radius 3 is 2.52 bits per heavy atom. The van der Waals surface area contributed by atoms with E-state index in [-0.39, 0.29) is 23.4 Å². The fourth-order valence-electron chi connectivity index (χ4n) is 2.13. The van der Waals surface area contributed by atoms with Crippen LogP contribution in [0.15, 0.2) is 27.9 Å². The highest BCUT2D eigenvalue weighted by Crippen LogP contribution is 2.24. The summed E-state index contributed by atoms with van der Waals surface area (Å²) < 4.78 is 33.9. The lowest BCUT2D eigenvalue weighted by atomic mass is 10.3. The number of aryl methyl sites for hydroxylation is 2. The van der Waals surface area contributed by atoms with Gasteiger partial charge in [-0.15, -0.1) is 0 Å². The Morgan fingerprint density at radius 1 is 1.43 bits per heavy atom. The minimum absolute atomic E-state index is 0.000483. The van der Waals surface area contributed by atoms with Crippen LogP contribution in [0.3, 0.4) is 0 Å². The van der Waals surface area contributed by atoms with Gasteiger partial charge in [0.25, 0.3) is 10.0 Å². The molecular formula is C13H20N4O3S. The first-order chi connectivity index (χ1) is 9.73. The number of sulfonamides is 1. The number of nitrogens with zero attached hydrogens (tertiary/aromatic N) is 3. The van der Waals surface area contributed by atoms with Crippen molar-refractivity contribution in [3.63, 3.8) is 0 Å². The van der Waals surface area contributed by atoms with Gasteiger partial charge in [-0.25, -0.2) is 13.4 Å². The largest absolute Gasteiger partial charge is 0.465 e. The van der Waals surface area contributed by atoms with Gasteiger partial charge in [0.2, 0.25) is 0 Å². The standard InChI is InChI=1S/C13H20N4O3S/c1-9(2)17(7-11-6-5-10(3)20-11)21(18,19)13-12(14)15-8-16(13)4/h5-6,8-9H,7,14H2,1-4H3. The Kier molecular flexibility index (Phi) is 4.11. The minimum Gasteiger partial charge on any atom is -0.465 e. The van der Waals surface area contributed by atoms with Crippen LogP contribution in [0.1, 0.15) is 25.4 Å². The number of imidazole rings is 1. The van der Waals surface area contributed by atoms with E-state index in [2.05, 4.69) is 4.98 Å². The summed E-state index contributed by atoms with van der Waals surface area (Å²) >= 11 is 0. The molecule has 21 heavy (non-hydrogen) atoms. The zero-order chi connectivity index (χ0) is 15.8. The van der Waals surface area contributed by atoms with E-state index in [0.717, 1.165) is 5.76 Å². The maximum absolute atomic E-state index is 12.8. The molecule has 0 saturated carbocycles. The summed E-state index contributed by atoms with van der Waals surface area (Å²) in [5.74, 6) is 1.33. The molecule has 0 fully saturated rings. The average molecular weight is 312 g/mol. The number of aromatic nitrogens is 2. The van der Waals surface area contributed by atoms with Gasteiger partial charge >= 0.3 is 0 Å². The van der Waals surface area contributed by atoms with Crippen LogP contribution in [0, 0.1) is 6.92 Å². The molecule has 8 heteroatoms. The normalized spacial score (nSPS) is 12.5. The number of nitrogens with two attached hydrogens (primary N) is 1. The van der Waals surface area contributed by atoms with Crippen LogP contribution in [0.25, 0.3) is 0 Å². The zero-order valence-corrected chi connectivity index (χ0v) is 13.4. The third kappa shape index (κ3) is 2.96. The molecule has 0 amide bonds. The number of nitrogen functional groups attached to an aromatic ring is 1. The molecule has 0 spiro atoms. The fraction of sp³-hybridized carbons (Fsp3) is 0.462. The van der Waals surface area contributed by atoms with Gasteiger partial charge in [0, 0.05) is 13.1 Å². The highest BCUT2D eigenvalue weighted by molar-refractivity contribution is 7.89. The molecule has 0 aromatic carbocycles. The molecule has 2 aromatic heterocycles. The Morgan fingerprint density at radius 2 is 2.10 bits per heavy atom. The molecule has 7 nitrogen and oxygen atoms in total. The van der Waals surface area contributed by atoms with Crippen molar-refractivity contribution >= 4 is 15.8 Å². The lowest BCUT2D eigenvalue weighted by Crippen LogP contribution is -2.37. The van der Waals surface area contributed by atoms with Gasteiger partial charge in [0.15, 0.2) is 10.8 Å². The lowest BCUT2D eigenvalue weighted by molar-refractivity contribution is 0.313. The van der Waals surface area contributed by atoms with Gasteiger partial charge in [-0.1, -0.05) is 0 Å². The van der Waals surface area contributed by atoms with Crippen molar-refractivity contribution < 1.29 is 12.8 Å². The fourth-order valence-corrected chi connectivity index (χ4v) is 3.93. The van der Waals surface area contributed by atoms with Gasteiger partial charge in [-0.3, -0.25) is 0 Å². The number of hydrogen-bond donors (Lipinski definition) is 1. The summed E-state index contributed by atoms with van der Waals surface area (Å²) in [6, 6.07) is 3.33. The van der Waals surface area contributed by atoms with Crippen molar-refractivity contribution in [1.82, 2.24) is 13.9 Å². The number of anilines is 1. The summed E-state index contributed by atoms with van der Waals surface area (Å²) in [5.41, 5.74) is 5.70. The Balaban J connectivity index is 2.42. The van der Waals surface area contributed by atoms with E-state index in [1.165, 1.54) is 15.2 Å². The lowest BCUT2D eigenvalue weighted by Gasteiger charge is -2.25. The quantitative estimate of drug-likeness (QED) is 0.903. The number of hydrogen-bond acceptors (Lipinski definition) is 5. The molecular weight excluding hydrogens is 292 g/mol. The van der Waals surface area contributed by atoms with E-state index in [0.29, 0.717) is 5.76 Å². The third-order valence-electron chi connectivity index (χ3n) is 3.15. The first-order valence-electron chi connectivity index (χ1n) is 6.57. The van der Waals surface area contributed by atoms with E-state index in [4.69, 9.17) is 10.2 Å². The van der Waals surface area contributed by atoms with Crippen molar-refractivity contribution in [3.8, 4) is 0 Å². The van der Waals surface area contributed by atoms with Gasteiger partial charge in [-0.05, 0) is 32.9 Å². The third-order valence-corrected chi connectivity index (χ3v) is 5.30. The number of rotatable bonds is 5. The summed E-state index contributed by atoms with van der Waals surface area (Å²) in [4.78, 5) is 3.85. The monoisotopic (exact) mass is 312 g/mol. The smallest absolute Gasteiger partial charge is 0.263 e. The molecule has 0 atom stereocenters. The Hall–Kier alpha value is -1.80. The van der Waals surface area contributed by atoms with Crippen molar-refractivity contribution in [2.75, 3.05) is 5.73 Å². The Bertz CT molecular complexity index is 711. The first-order valence-corrected chi connectivity index (χ1v) is 8.01. The molecule has 0 bridgehead atoms. The predicted molar refractivity (Wildman–Crippen MR) is 78.9 cm³/mol. The molecule has 0 radical (unpaired) electrons. The molecule has 2 rings (SSSR count). The highest BCUT2D eigenvalue weighted by atomic mass is 32.2. The highest BCUT2D eigenvalue weighted by Gasteiger charge is 2.32. The van der Waals surface area contributed by atoms with E-state index >= 15 is 0 Å².